The molecule has 0 unspecified atom stereocenters. The number of carbonyl (C=O) groups excluding carboxylic acids is 3. The minimum atomic E-state index is -0.169. The lowest BCUT2D eigenvalue weighted by molar-refractivity contribution is -0.132. The Hall–Kier alpha value is -2.37. The molecule has 25 heavy (non-hydrogen) atoms. The number of anilines is 1. The molecule has 0 saturated carbocycles. The smallest absolute Gasteiger partial charge is 0.251 e. The van der Waals surface area contributed by atoms with Crippen molar-refractivity contribution in [2.45, 2.75) is 52.0 Å². The summed E-state index contributed by atoms with van der Waals surface area (Å²) in [7, 11) is 0. The molecule has 0 aromatic heterocycles. The highest BCUT2D eigenvalue weighted by molar-refractivity contribution is 5.96. The van der Waals surface area contributed by atoms with Gasteiger partial charge in [-0.25, -0.2) is 0 Å². The van der Waals surface area contributed by atoms with Crippen molar-refractivity contribution >= 4 is 23.4 Å². The molecule has 1 saturated heterocycles. The second-order valence-corrected chi connectivity index (χ2v) is 6.49. The van der Waals surface area contributed by atoms with Crippen molar-refractivity contribution < 1.29 is 14.4 Å². The van der Waals surface area contributed by atoms with E-state index in [0.717, 1.165) is 25.7 Å². The molecule has 0 aliphatic carbocycles. The van der Waals surface area contributed by atoms with E-state index in [1.54, 1.807) is 24.3 Å². The van der Waals surface area contributed by atoms with Gasteiger partial charge in [-0.05, 0) is 37.5 Å². The summed E-state index contributed by atoms with van der Waals surface area (Å²) in [5.74, 6) is -0.102. The summed E-state index contributed by atoms with van der Waals surface area (Å²) in [6.07, 6.45) is 4.11. The van der Waals surface area contributed by atoms with E-state index in [1.165, 1.54) is 6.92 Å². The number of nitrogens with one attached hydrogen (secondary N) is 2. The molecule has 0 spiro atoms. The Morgan fingerprint density at radius 1 is 1.20 bits per heavy atom. The first-order chi connectivity index (χ1) is 12.0. The fourth-order valence-corrected chi connectivity index (χ4v) is 2.97. The molecule has 6 heteroatoms. The first-order valence-corrected chi connectivity index (χ1v) is 8.96. The van der Waals surface area contributed by atoms with Gasteiger partial charge in [0.05, 0.1) is 0 Å². The van der Waals surface area contributed by atoms with Gasteiger partial charge in [0.2, 0.25) is 11.8 Å². The van der Waals surface area contributed by atoms with Gasteiger partial charge in [0.15, 0.2) is 0 Å². The zero-order valence-electron chi connectivity index (χ0n) is 15.0. The molecule has 1 heterocycles. The lowest BCUT2D eigenvalue weighted by Crippen LogP contribution is -2.46. The molecule has 6 nitrogen and oxygen atoms in total. The molecule has 0 radical (unpaired) electrons. The number of hydrogen-bond donors (Lipinski definition) is 2. The molecule has 3 amide bonds. The summed E-state index contributed by atoms with van der Waals surface area (Å²) in [5.41, 5.74) is 1.13. The lowest BCUT2D eigenvalue weighted by atomic mass is 10.0. The minimum Gasteiger partial charge on any atom is -0.349 e. The van der Waals surface area contributed by atoms with Gasteiger partial charge >= 0.3 is 0 Å². The van der Waals surface area contributed by atoms with Gasteiger partial charge in [-0.3, -0.25) is 14.4 Å². The topological polar surface area (TPSA) is 78.5 Å². The quantitative estimate of drug-likeness (QED) is 0.832. The van der Waals surface area contributed by atoms with Crippen LogP contribution in [0.25, 0.3) is 0 Å². The van der Waals surface area contributed by atoms with Crippen LogP contribution in [0, 0.1) is 0 Å². The van der Waals surface area contributed by atoms with E-state index in [0.29, 0.717) is 30.8 Å². The van der Waals surface area contributed by atoms with E-state index in [1.807, 2.05) is 4.90 Å². The molecule has 1 fully saturated rings. The molecular weight excluding hydrogens is 318 g/mol. The average Bonchev–Trinajstić information content (AvgIpc) is 2.60. The van der Waals surface area contributed by atoms with Crippen LogP contribution in [0.5, 0.6) is 0 Å². The third kappa shape index (κ3) is 5.89. The van der Waals surface area contributed by atoms with E-state index in [-0.39, 0.29) is 23.8 Å². The maximum atomic E-state index is 12.4. The Bertz CT molecular complexity index is 622. The largest absolute Gasteiger partial charge is 0.349 e. The number of nitrogens with zero attached hydrogens (tertiary/aromatic N) is 1. The first-order valence-electron chi connectivity index (χ1n) is 8.96. The number of carbonyl (C=O) groups is 3. The molecule has 2 rings (SSSR count). The van der Waals surface area contributed by atoms with Crippen molar-refractivity contribution in [3.05, 3.63) is 29.8 Å². The SMILES string of the molecule is CCCCC(=O)N1CCC(NC(=O)c2cccc(NC(C)=O)c2)CC1. The zero-order valence-corrected chi connectivity index (χ0v) is 15.0. The first kappa shape index (κ1) is 19.0. The van der Waals surface area contributed by atoms with Gasteiger partial charge < -0.3 is 15.5 Å². The predicted molar refractivity (Wildman–Crippen MR) is 97.3 cm³/mol. The van der Waals surface area contributed by atoms with Crippen molar-refractivity contribution in [3.8, 4) is 0 Å². The number of amides is 3. The number of piperidine rings is 1. The van der Waals surface area contributed by atoms with Crippen molar-refractivity contribution in [2.75, 3.05) is 18.4 Å². The number of unbranched alkanes of at least 4 members (excludes halogenated alkanes) is 1. The lowest BCUT2D eigenvalue weighted by Gasteiger charge is -2.32. The van der Waals surface area contributed by atoms with Crippen molar-refractivity contribution in [2.24, 2.45) is 0 Å². The van der Waals surface area contributed by atoms with Gasteiger partial charge in [0, 0.05) is 43.7 Å². The van der Waals surface area contributed by atoms with Gasteiger partial charge in [-0.15, -0.1) is 0 Å². The van der Waals surface area contributed by atoms with Gasteiger partial charge in [0.25, 0.3) is 5.91 Å². The van der Waals surface area contributed by atoms with Crippen LogP contribution >= 0.6 is 0 Å². The van der Waals surface area contributed by atoms with Crippen LogP contribution in [0.4, 0.5) is 5.69 Å². The van der Waals surface area contributed by atoms with Crippen LogP contribution in [0.1, 0.15) is 56.3 Å². The van der Waals surface area contributed by atoms with E-state index in [2.05, 4.69) is 17.6 Å². The zero-order chi connectivity index (χ0) is 18.2. The highest BCUT2D eigenvalue weighted by Crippen LogP contribution is 2.15. The maximum Gasteiger partial charge on any atom is 0.251 e. The summed E-state index contributed by atoms with van der Waals surface area (Å²) in [6.45, 7) is 4.90. The second kappa shape index (κ2) is 9.20. The number of rotatable bonds is 6. The monoisotopic (exact) mass is 345 g/mol. The highest BCUT2D eigenvalue weighted by Gasteiger charge is 2.23. The fraction of sp³-hybridized carbons (Fsp3) is 0.526. The Balaban J connectivity index is 1.84. The second-order valence-electron chi connectivity index (χ2n) is 6.49. The van der Waals surface area contributed by atoms with Crippen LogP contribution in [-0.4, -0.2) is 41.8 Å². The van der Waals surface area contributed by atoms with Gasteiger partial charge in [-0.1, -0.05) is 19.4 Å². The standard InChI is InChI=1S/C19H27N3O3/c1-3-4-8-18(24)22-11-9-16(10-12-22)21-19(25)15-6-5-7-17(13-15)20-14(2)23/h5-7,13,16H,3-4,8-12H2,1-2H3,(H,20,23)(H,21,25). The third-order valence-corrected chi connectivity index (χ3v) is 4.37. The van der Waals surface area contributed by atoms with E-state index in [9.17, 15) is 14.4 Å². The van der Waals surface area contributed by atoms with E-state index >= 15 is 0 Å². The molecule has 136 valence electrons. The summed E-state index contributed by atoms with van der Waals surface area (Å²) >= 11 is 0. The molecule has 2 N–H and O–H groups in total. The highest BCUT2D eigenvalue weighted by atomic mass is 16.2. The average molecular weight is 345 g/mol. The van der Waals surface area contributed by atoms with E-state index < -0.39 is 0 Å². The Labute approximate surface area is 149 Å². The third-order valence-electron chi connectivity index (χ3n) is 4.37. The Morgan fingerprint density at radius 2 is 1.92 bits per heavy atom. The van der Waals surface area contributed by atoms with Crippen LogP contribution in [0.3, 0.4) is 0 Å². The predicted octanol–water partition coefficient (Wildman–Crippen LogP) is 2.56. The van der Waals surface area contributed by atoms with Crippen LogP contribution in [-0.2, 0) is 9.59 Å². The Morgan fingerprint density at radius 3 is 2.56 bits per heavy atom. The summed E-state index contributed by atoms with van der Waals surface area (Å²) in [4.78, 5) is 37.5. The van der Waals surface area contributed by atoms with Crippen molar-refractivity contribution in [1.29, 1.82) is 0 Å². The van der Waals surface area contributed by atoms with Gasteiger partial charge in [0.1, 0.15) is 0 Å². The molecule has 1 aliphatic rings. The molecule has 1 aliphatic heterocycles. The molecular formula is C19H27N3O3. The summed E-state index contributed by atoms with van der Waals surface area (Å²) < 4.78 is 0. The molecule has 0 bridgehead atoms. The van der Waals surface area contributed by atoms with Crippen LogP contribution < -0.4 is 10.6 Å². The van der Waals surface area contributed by atoms with E-state index in [4.69, 9.17) is 0 Å². The summed E-state index contributed by atoms with van der Waals surface area (Å²) in [6, 6.07) is 6.96. The maximum absolute atomic E-state index is 12.4. The Kier molecular flexibility index (Phi) is 6.98. The molecule has 1 aromatic carbocycles. The summed E-state index contributed by atoms with van der Waals surface area (Å²) in [5, 5.41) is 5.70. The van der Waals surface area contributed by atoms with Crippen LogP contribution in [0.15, 0.2) is 24.3 Å². The number of benzene rings is 1. The normalized spacial score (nSPS) is 14.9. The fourth-order valence-electron chi connectivity index (χ4n) is 2.97. The molecule has 1 aromatic rings. The van der Waals surface area contributed by atoms with Crippen LogP contribution in [0.2, 0.25) is 0 Å². The number of likely N-dealkylation sites (tertiary alicyclic amines) is 1. The van der Waals surface area contributed by atoms with Crippen molar-refractivity contribution in [1.82, 2.24) is 10.2 Å². The number of hydrogen-bond acceptors (Lipinski definition) is 3. The van der Waals surface area contributed by atoms with Gasteiger partial charge in [-0.2, -0.15) is 0 Å². The molecule has 0 atom stereocenters. The van der Waals surface area contributed by atoms with Crippen molar-refractivity contribution in [3.63, 3.8) is 0 Å². The minimum absolute atomic E-state index is 0.0761.